The van der Waals surface area contributed by atoms with Crippen LogP contribution in [0.15, 0.2) is 0 Å². The Morgan fingerprint density at radius 3 is 2.73 bits per heavy atom. The molecule has 0 aromatic carbocycles. The first kappa shape index (κ1) is 8.55. The molecule has 1 aliphatic rings. The first-order chi connectivity index (χ1) is 5.16. The quantitative estimate of drug-likeness (QED) is 0.425. The van der Waals surface area contributed by atoms with Crippen LogP contribution >= 0.6 is 0 Å². The van der Waals surface area contributed by atoms with Gasteiger partial charge in [-0.3, -0.25) is 4.79 Å². The summed E-state index contributed by atoms with van der Waals surface area (Å²) in [6.07, 6.45) is 0.538. The van der Waals surface area contributed by atoms with Gasteiger partial charge >= 0.3 is 13.1 Å². The monoisotopic (exact) mass is 158 g/mol. The van der Waals surface area contributed by atoms with E-state index in [2.05, 4.69) is 4.74 Å². The molecule has 0 spiro atoms. The normalized spacial score (nSPS) is 27.9. The van der Waals surface area contributed by atoms with Gasteiger partial charge in [-0.15, -0.1) is 0 Å². The van der Waals surface area contributed by atoms with Gasteiger partial charge in [-0.25, -0.2) is 0 Å². The van der Waals surface area contributed by atoms with Crippen molar-refractivity contribution in [1.29, 1.82) is 0 Å². The van der Waals surface area contributed by atoms with Crippen LogP contribution < -0.4 is 0 Å². The smallest absolute Gasteiger partial charge is 0.455 e. The fourth-order valence-electron chi connectivity index (χ4n) is 1.06. The standard InChI is InChI=1S/C6H11BO4/c1-2-11-6(8)4-3-5(4)7(9)10/h4-5,9-10H,2-3H2,1H3. The zero-order valence-corrected chi connectivity index (χ0v) is 6.36. The maximum Gasteiger partial charge on any atom is 0.455 e. The van der Waals surface area contributed by atoms with E-state index in [1.165, 1.54) is 0 Å². The Kier molecular flexibility index (Phi) is 2.51. The fourth-order valence-corrected chi connectivity index (χ4v) is 1.06. The van der Waals surface area contributed by atoms with Crippen molar-refractivity contribution in [2.45, 2.75) is 19.2 Å². The molecule has 1 fully saturated rings. The molecule has 2 atom stereocenters. The second-order valence-corrected chi connectivity index (χ2v) is 2.67. The minimum atomic E-state index is -1.37. The SMILES string of the molecule is CCOC(=O)C1CC1B(O)O. The number of ether oxygens (including phenoxy) is 1. The molecule has 0 aliphatic heterocycles. The van der Waals surface area contributed by atoms with Crippen molar-refractivity contribution in [1.82, 2.24) is 0 Å². The fraction of sp³-hybridized carbons (Fsp3) is 0.833. The van der Waals surface area contributed by atoms with Gasteiger partial charge in [0, 0.05) is 5.82 Å². The molecule has 5 heteroatoms. The second-order valence-electron chi connectivity index (χ2n) is 2.67. The molecule has 1 aliphatic carbocycles. The Bertz CT molecular complexity index is 159. The number of rotatable bonds is 3. The Morgan fingerprint density at radius 1 is 1.73 bits per heavy atom. The summed E-state index contributed by atoms with van der Waals surface area (Å²) in [7, 11) is -1.37. The highest BCUT2D eigenvalue weighted by Crippen LogP contribution is 2.46. The molecule has 0 heterocycles. The lowest BCUT2D eigenvalue weighted by Crippen LogP contribution is -2.15. The van der Waals surface area contributed by atoms with Gasteiger partial charge in [-0.05, 0) is 13.3 Å². The molecule has 11 heavy (non-hydrogen) atoms. The first-order valence-corrected chi connectivity index (χ1v) is 3.69. The van der Waals surface area contributed by atoms with Crippen LogP contribution in [0.1, 0.15) is 13.3 Å². The van der Waals surface area contributed by atoms with Gasteiger partial charge in [0.2, 0.25) is 0 Å². The molecule has 0 aromatic rings. The third-order valence-corrected chi connectivity index (χ3v) is 1.81. The average molecular weight is 158 g/mol. The highest BCUT2D eigenvalue weighted by Gasteiger charge is 2.50. The van der Waals surface area contributed by atoms with E-state index in [9.17, 15) is 4.79 Å². The second kappa shape index (κ2) is 3.23. The molecule has 0 radical (unpaired) electrons. The molecular formula is C6H11BO4. The minimum absolute atomic E-state index is 0.282. The van der Waals surface area contributed by atoms with Crippen molar-refractivity contribution in [3.05, 3.63) is 0 Å². The van der Waals surface area contributed by atoms with Gasteiger partial charge in [0.1, 0.15) is 0 Å². The molecular weight excluding hydrogens is 147 g/mol. The Morgan fingerprint density at radius 2 is 2.36 bits per heavy atom. The van der Waals surface area contributed by atoms with Crippen molar-refractivity contribution in [3.8, 4) is 0 Å². The first-order valence-electron chi connectivity index (χ1n) is 3.69. The predicted molar refractivity (Wildman–Crippen MR) is 38.7 cm³/mol. The Balaban J connectivity index is 2.26. The van der Waals surface area contributed by atoms with Crippen molar-refractivity contribution >= 4 is 13.1 Å². The highest BCUT2D eigenvalue weighted by molar-refractivity contribution is 6.45. The van der Waals surface area contributed by atoms with Crippen molar-refractivity contribution < 1.29 is 19.6 Å². The summed E-state index contributed by atoms with van der Waals surface area (Å²) in [5, 5.41) is 17.3. The van der Waals surface area contributed by atoms with Crippen LogP contribution in [-0.4, -0.2) is 29.7 Å². The van der Waals surface area contributed by atoms with Gasteiger partial charge in [-0.2, -0.15) is 0 Å². The van der Waals surface area contributed by atoms with Crippen LogP contribution in [0.4, 0.5) is 0 Å². The third kappa shape index (κ3) is 1.94. The van der Waals surface area contributed by atoms with Crippen LogP contribution in [-0.2, 0) is 9.53 Å². The molecule has 1 saturated carbocycles. The summed E-state index contributed by atoms with van der Waals surface area (Å²) in [6, 6.07) is 0. The van der Waals surface area contributed by atoms with Crippen LogP contribution in [0.2, 0.25) is 5.82 Å². The maximum atomic E-state index is 10.9. The largest absolute Gasteiger partial charge is 0.466 e. The van der Waals surface area contributed by atoms with E-state index in [0.717, 1.165) is 0 Å². The summed E-state index contributed by atoms with van der Waals surface area (Å²) in [5.74, 6) is -0.894. The lowest BCUT2D eigenvalue weighted by Gasteiger charge is -1.99. The Labute approximate surface area is 65.3 Å². The summed E-state index contributed by atoms with van der Waals surface area (Å²) < 4.78 is 4.69. The van der Waals surface area contributed by atoms with E-state index >= 15 is 0 Å². The van der Waals surface area contributed by atoms with E-state index in [-0.39, 0.29) is 17.7 Å². The maximum absolute atomic E-state index is 10.9. The number of carbonyl (C=O) groups excluding carboxylic acids is 1. The molecule has 2 N–H and O–H groups in total. The zero-order valence-electron chi connectivity index (χ0n) is 6.36. The highest BCUT2D eigenvalue weighted by atomic mass is 16.5. The molecule has 4 nitrogen and oxygen atoms in total. The summed E-state index contributed by atoms with van der Waals surface area (Å²) in [4.78, 5) is 10.9. The van der Waals surface area contributed by atoms with Crippen molar-refractivity contribution in [3.63, 3.8) is 0 Å². The van der Waals surface area contributed by atoms with Crippen LogP contribution in [0, 0.1) is 5.92 Å². The number of hydrogen-bond acceptors (Lipinski definition) is 4. The molecule has 62 valence electrons. The van der Waals surface area contributed by atoms with Gasteiger partial charge in [-0.1, -0.05) is 0 Å². The molecule has 0 saturated heterocycles. The summed E-state index contributed by atoms with van der Waals surface area (Å²) in [6.45, 7) is 2.08. The molecule has 1 rings (SSSR count). The van der Waals surface area contributed by atoms with E-state index < -0.39 is 7.12 Å². The summed E-state index contributed by atoms with van der Waals surface area (Å²) in [5.41, 5.74) is 0. The van der Waals surface area contributed by atoms with Crippen molar-refractivity contribution in [2.24, 2.45) is 5.92 Å². The van der Waals surface area contributed by atoms with E-state index in [1.807, 2.05) is 0 Å². The van der Waals surface area contributed by atoms with Gasteiger partial charge in [0.05, 0.1) is 12.5 Å². The van der Waals surface area contributed by atoms with Gasteiger partial charge in [0.25, 0.3) is 0 Å². The Hall–Kier alpha value is -0.545. The molecule has 0 bridgehead atoms. The lowest BCUT2D eigenvalue weighted by molar-refractivity contribution is -0.144. The number of hydrogen-bond donors (Lipinski definition) is 2. The zero-order chi connectivity index (χ0) is 8.43. The molecule has 2 unspecified atom stereocenters. The average Bonchev–Trinajstić information content (AvgIpc) is 2.65. The topological polar surface area (TPSA) is 66.8 Å². The third-order valence-electron chi connectivity index (χ3n) is 1.81. The summed E-state index contributed by atoms with van der Waals surface area (Å²) >= 11 is 0. The van der Waals surface area contributed by atoms with Gasteiger partial charge < -0.3 is 14.8 Å². The minimum Gasteiger partial charge on any atom is -0.466 e. The van der Waals surface area contributed by atoms with Crippen LogP contribution in [0.25, 0.3) is 0 Å². The van der Waals surface area contributed by atoms with E-state index in [0.29, 0.717) is 13.0 Å². The number of carbonyl (C=O) groups is 1. The molecule has 0 amide bonds. The van der Waals surface area contributed by atoms with E-state index in [1.54, 1.807) is 6.92 Å². The van der Waals surface area contributed by atoms with E-state index in [4.69, 9.17) is 10.0 Å². The number of esters is 1. The molecule has 0 aromatic heterocycles. The van der Waals surface area contributed by atoms with Crippen LogP contribution in [0.3, 0.4) is 0 Å². The van der Waals surface area contributed by atoms with Crippen LogP contribution in [0.5, 0.6) is 0 Å². The van der Waals surface area contributed by atoms with Gasteiger partial charge in [0.15, 0.2) is 0 Å². The predicted octanol–water partition coefficient (Wildman–Crippen LogP) is -0.588. The van der Waals surface area contributed by atoms with Crippen molar-refractivity contribution in [2.75, 3.05) is 6.61 Å². The lowest BCUT2D eigenvalue weighted by atomic mass is 9.82.